The normalized spacial score (nSPS) is 11.5. The molecule has 0 atom stereocenters. The number of benzene rings is 1. The number of alkyl halides is 3. The minimum Gasteiger partial charge on any atom is -0.404 e. The van der Waals surface area contributed by atoms with Crippen molar-refractivity contribution in [2.45, 2.75) is 13.3 Å². The molecule has 1 heterocycles. The molecule has 2 rings (SSSR count). The van der Waals surface area contributed by atoms with Crippen LogP contribution in [0.3, 0.4) is 0 Å². The van der Waals surface area contributed by atoms with Crippen molar-refractivity contribution in [3.05, 3.63) is 34.6 Å². The lowest BCUT2D eigenvalue weighted by atomic mass is 10.3. The van der Waals surface area contributed by atoms with Gasteiger partial charge in [-0.05, 0) is 25.1 Å². The van der Waals surface area contributed by atoms with Gasteiger partial charge in [0.2, 0.25) is 5.95 Å². The maximum absolute atomic E-state index is 12.4. The fourth-order valence-electron chi connectivity index (χ4n) is 1.66. The van der Waals surface area contributed by atoms with Gasteiger partial charge in [-0.2, -0.15) is 0 Å². The number of imidazole rings is 1. The Hall–Kier alpha value is -1.70. The van der Waals surface area contributed by atoms with E-state index in [0.717, 1.165) is 5.69 Å². The third-order valence-electron chi connectivity index (χ3n) is 2.41. The Morgan fingerprint density at radius 2 is 2.05 bits per heavy atom. The molecule has 0 bridgehead atoms. The van der Waals surface area contributed by atoms with Gasteiger partial charge in [0.05, 0.1) is 11.4 Å². The average molecular weight is 350 g/mol. The van der Waals surface area contributed by atoms with Gasteiger partial charge in [-0.1, -0.05) is 15.9 Å². The highest BCUT2D eigenvalue weighted by atomic mass is 79.9. The molecular weight excluding hydrogens is 339 g/mol. The van der Waals surface area contributed by atoms with Gasteiger partial charge >= 0.3 is 6.36 Å². The Kier molecular flexibility index (Phi) is 3.94. The van der Waals surface area contributed by atoms with Gasteiger partial charge in [-0.15, -0.1) is 13.2 Å². The van der Waals surface area contributed by atoms with Gasteiger partial charge in [0.25, 0.3) is 0 Å². The van der Waals surface area contributed by atoms with E-state index < -0.39 is 6.36 Å². The number of rotatable bonds is 3. The lowest BCUT2D eigenvalue weighted by molar-refractivity contribution is -0.274. The van der Waals surface area contributed by atoms with E-state index in [1.54, 1.807) is 30.8 Å². The van der Waals surface area contributed by atoms with Gasteiger partial charge in [0.15, 0.2) is 5.75 Å². The largest absolute Gasteiger partial charge is 0.573 e. The van der Waals surface area contributed by atoms with Gasteiger partial charge in [0, 0.05) is 17.7 Å². The highest BCUT2D eigenvalue weighted by Crippen LogP contribution is 2.34. The Balaban J connectivity index is 2.33. The molecule has 0 radical (unpaired) electrons. The molecule has 1 N–H and O–H groups in total. The number of halogens is 4. The molecule has 0 unspecified atom stereocenters. The van der Waals surface area contributed by atoms with Crippen LogP contribution in [0.15, 0.2) is 28.9 Å². The summed E-state index contributed by atoms with van der Waals surface area (Å²) in [5.74, 6) is 0.101. The molecule has 0 spiro atoms. The molecule has 0 amide bonds. The summed E-state index contributed by atoms with van der Waals surface area (Å²) in [7, 11) is 1.74. The van der Waals surface area contributed by atoms with Crippen molar-refractivity contribution < 1.29 is 17.9 Å². The van der Waals surface area contributed by atoms with Crippen molar-refractivity contribution in [1.82, 2.24) is 9.55 Å². The van der Waals surface area contributed by atoms with Crippen molar-refractivity contribution in [1.29, 1.82) is 0 Å². The van der Waals surface area contributed by atoms with E-state index in [9.17, 15) is 13.2 Å². The maximum Gasteiger partial charge on any atom is 0.573 e. The first-order chi connectivity index (χ1) is 9.24. The van der Waals surface area contributed by atoms with Crippen LogP contribution in [0.2, 0.25) is 0 Å². The van der Waals surface area contributed by atoms with Gasteiger partial charge < -0.3 is 14.6 Å². The van der Waals surface area contributed by atoms with Crippen molar-refractivity contribution >= 4 is 27.6 Å². The second-order valence-corrected chi connectivity index (χ2v) is 5.05. The summed E-state index contributed by atoms with van der Waals surface area (Å²) in [4.78, 5) is 4.17. The molecule has 0 saturated carbocycles. The topological polar surface area (TPSA) is 39.1 Å². The maximum atomic E-state index is 12.4. The first-order valence-corrected chi connectivity index (χ1v) is 6.36. The number of ether oxygens (including phenoxy) is 1. The molecule has 0 fully saturated rings. The molecular formula is C12H11BrF3N3O. The van der Waals surface area contributed by atoms with Crippen LogP contribution in [-0.2, 0) is 7.05 Å². The van der Waals surface area contributed by atoms with Crippen LogP contribution < -0.4 is 10.1 Å². The van der Waals surface area contributed by atoms with E-state index in [1.165, 1.54) is 12.1 Å². The number of anilines is 2. The van der Waals surface area contributed by atoms with Crippen LogP contribution in [0.5, 0.6) is 5.75 Å². The van der Waals surface area contributed by atoms with E-state index in [0.29, 0.717) is 10.4 Å². The summed E-state index contributed by atoms with van der Waals surface area (Å²) in [6, 6.07) is 4.34. The quantitative estimate of drug-likeness (QED) is 0.905. The molecule has 0 aliphatic heterocycles. The Morgan fingerprint density at radius 1 is 1.35 bits per heavy atom. The first kappa shape index (κ1) is 14.7. The zero-order valence-electron chi connectivity index (χ0n) is 10.6. The number of nitrogens with zero attached hydrogens (tertiary/aromatic N) is 2. The van der Waals surface area contributed by atoms with E-state index in [4.69, 9.17) is 0 Å². The molecule has 2 aromatic rings. The second kappa shape index (κ2) is 5.35. The highest BCUT2D eigenvalue weighted by Gasteiger charge is 2.32. The molecule has 0 aliphatic carbocycles. The van der Waals surface area contributed by atoms with E-state index in [2.05, 4.69) is 31.0 Å². The lowest BCUT2D eigenvalue weighted by Gasteiger charge is -2.14. The van der Waals surface area contributed by atoms with Crippen LogP contribution >= 0.6 is 15.9 Å². The minimum atomic E-state index is -4.76. The molecule has 8 heteroatoms. The Morgan fingerprint density at radius 3 is 2.60 bits per heavy atom. The van der Waals surface area contributed by atoms with Crippen LogP contribution in [-0.4, -0.2) is 15.9 Å². The summed E-state index contributed by atoms with van der Waals surface area (Å²) < 4.78 is 43.3. The zero-order valence-corrected chi connectivity index (χ0v) is 12.2. The Labute approximate surface area is 121 Å². The van der Waals surface area contributed by atoms with Crippen molar-refractivity contribution in [2.24, 2.45) is 7.05 Å². The lowest BCUT2D eigenvalue weighted by Crippen LogP contribution is -2.18. The second-order valence-electron chi connectivity index (χ2n) is 4.13. The van der Waals surface area contributed by atoms with Crippen LogP contribution in [0, 0.1) is 6.92 Å². The molecule has 1 aromatic heterocycles. The molecule has 4 nitrogen and oxygen atoms in total. The molecule has 0 saturated heterocycles. The molecule has 20 heavy (non-hydrogen) atoms. The third-order valence-corrected chi connectivity index (χ3v) is 2.91. The van der Waals surface area contributed by atoms with Crippen LogP contribution in [0.1, 0.15) is 5.69 Å². The van der Waals surface area contributed by atoms with Crippen molar-refractivity contribution in [3.63, 3.8) is 0 Å². The summed E-state index contributed by atoms with van der Waals surface area (Å²) in [5.41, 5.74) is 0.935. The number of nitrogens with one attached hydrogen (secondary N) is 1. The van der Waals surface area contributed by atoms with Crippen LogP contribution in [0.25, 0.3) is 0 Å². The van der Waals surface area contributed by atoms with Gasteiger partial charge in [0.1, 0.15) is 0 Å². The average Bonchev–Trinajstić information content (AvgIpc) is 2.59. The van der Waals surface area contributed by atoms with Gasteiger partial charge in [-0.3, -0.25) is 0 Å². The third kappa shape index (κ3) is 3.66. The highest BCUT2D eigenvalue weighted by molar-refractivity contribution is 9.10. The summed E-state index contributed by atoms with van der Waals surface area (Å²) in [6.45, 7) is 1.79. The number of aromatic nitrogens is 2. The molecule has 108 valence electrons. The molecule has 1 aromatic carbocycles. The zero-order chi connectivity index (χ0) is 14.9. The van der Waals surface area contributed by atoms with Crippen molar-refractivity contribution in [2.75, 3.05) is 5.32 Å². The van der Waals surface area contributed by atoms with E-state index in [1.807, 2.05) is 0 Å². The standard InChI is InChI=1S/C12H11BrF3N3O/c1-7-6-19(2)11(17-7)18-9-4-3-8(13)5-10(9)20-12(14,15)16/h3-6H,1-2H3,(H,17,18). The first-order valence-electron chi connectivity index (χ1n) is 5.57. The SMILES string of the molecule is Cc1cn(C)c(Nc2ccc(Br)cc2OC(F)(F)F)n1. The predicted molar refractivity (Wildman–Crippen MR) is 72.1 cm³/mol. The summed E-state index contributed by atoms with van der Waals surface area (Å²) in [5, 5.41) is 2.82. The van der Waals surface area contributed by atoms with E-state index >= 15 is 0 Å². The van der Waals surface area contributed by atoms with Crippen molar-refractivity contribution in [3.8, 4) is 5.75 Å². The Bertz CT molecular complexity index is 625. The summed E-state index contributed by atoms with van der Waals surface area (Å²) in [6.07, 6.45) is -3.00. The summed E-state index contributed by atoms with van der Waals surface area (Å²) >= 11 is 3.11. The fraction of sp³-hybridized carbons (Fsp3) is 0.250. The van der Waals surface area contributed by atoms with Gasteiger partial charge in [-0.25, -0.2) is 4.98 Å². The number of hydrogen-bond acceptors (Lipinski definition) is 3. The number of aryl methyl sites for hydroxylation is 2. The monoisotopic (exact) mass is 349 g/mol. The predicted octanol–water partition coefficient (Wildman–Crippen LogP) is 4.13. The minimum absolute atomic E-state index is 0.180. The van der Waals surface area contributed by atoms with Crippen LogP contribution in [0.4, 0.5) is 24.8 Å². The number of hydrogen-bond donors (Lipinski definition) is 1. The molecule has 0 aliphatic rings. The smallest absolute Gasteiger partial charge is 0.404 e. The van der Waals surface area contributed by atoms with E-state index in [-0.39, 0.29) is 11.4 Å². The fourth-order valence-corrected chi connectivity index (χ4v) is 2.00.